The Balaban J connectivity index is 2.44. The Labute approximate surface area is 72.4 Å². The number of hydrogen-bond donors (Lipinski definition) is 2. The molecule has 0 unspecified atom stereocenters. The van der Waals surface area contributed by atoms with Gasteiger partial charge in [0, 0.05) is 0 Å². The van der Waals surface area contributed by atoms with E-state index in [9.17, 15) is 9.90 Å². The largest absolute Gasteiger partial charge is 0.481 e. The molecule has 1 fully saturated rings. The van der Waals surface area contributed by atoms with Crippen molar-refractivity contribution in [2.75, 3.05) is 0 Å². The zero-order valence-electron chi connectivity index (χ0n) is 7.42. The molecular formula is C9H16O3. The molecule has 3 heteroatoms. The first-order valence-corrected chi connectivity index (χ1v) is 4.42. The van der Waals surface area contributed by atoms with Crippen LogP contribution in [0.25, 0.3) is 0 Å². The third kappa shape index (κ3) is 2.48. The normalized spacial score (nSPS) is 36.3. The van der Waals surface area contributed by atoms with Crippen LogP contribution in [0.3, 0.4) is 0 Å². The highest BCUT2D eigenvalue weighted by molar-refractivity contribution is 5.67. The molecular weight excluding hydrogens is 156 g/mol. The van der Waals surface area contributed by atoms with Crippen molar-refractivity contribution in [1.29, 1.82) is 0 Å². The van der Waals surface area contributed by atoms with Crippen LogP contribution in [-0.2, 0) is 4.79 Å². The minimum Gasteiger partial charge on any atom is -0.481 e. The fourth-order valence-electron chi connectivity index (χ4n) is 1.84. The number of carboxylic acids is 1. The Hall–Kier alpha value is -0.570. The molecule has 0 aromatic rings. The smallest absolute Gasteiger partial charge is 0.303 e. The van der Waals surface area contributed by atoms with E-state index in [0.717, 1.165) is 25.7 Å². The molecule has 70 valence electrons. The van der Waals surface area contributed by atoms with Gasteiger partial charge < -0.3 is 10.2 Å². The second kappa shape index (κ2) is 3.44. The first-order chi connectivity index (χ1) is 5.52. The van der Waals surface area contributed by atoms with Gasteiger partial charge in [0.25, 0.3) is 0 Å². The number of aliphatic hydroxyl groups is 1. The van der Waals surface area contributed by atoms with Crippen LogP contribution in [-0.4, -0.2) is 22.3 Å². The summed E-state index contributed by atoms with van der Waals surface area (Å²) in [5.74, 6) is -0.728. The SMILES string of the molecule is CC1(CC(=O)O)CCC(O)CC1. The minimum atomic E-state index is -0.728. The van der Waals surface area contributed by atoms with Crippen molar-refractivity contribution in [2.24, 2.45) is 5.41 Å². The van der Waals surface area contributed by atoms with Crippen molar-refractivity contribution in [3.05, 3.63) is 0 Å². The topological polar surface area (TPSA) is 57.5 Å². The molecule has 0 heterocycles. The van der Waals surface area contributed by atoms with Gasteiger partial charge in [-0.25, -0.2) is 0 Å². The molecule has 0 amide bonds. The lowest BCUT2D eigenvalue weighted by molar-refractivity contribution is -0.140. The van der Waals surface area contributed by atoms with Gasteiger partial charge in [-0.05, 0) is 31.1 Å². The Bertz CT molecular complexity index is 169. The Morgan fingerprint density at radius 2 is 2.00 bits per heavy atom. The zero-order chi connectivity index (χ0) is 9.19. The highest BCUT2D eigenvalue weighted by atomic mass is 16.4. The second-order valence-corrected chi connectivity index (χ2v) is 4.11. The zero-order valence-corrected chi connectivity index (χ0v) is 7.42. The average Bonchev–Trinajstić information content (AvgIpc) is 1.94. The van der Waals surface area contributed by atoms with Gasteiger partial charge in [-0.15, -0.1) is 0 Å². The predicted octanol–water partition coefficient (Wildman–Crippen LogP) is 1.40. The quantitative estimate of drug-likeness (QED) is 0.662. The van der Waals surface area contributed by atoms with Crippen molar-refractivity contribution in [2.45, 2.75) is 45.1 Å². The fraction of sp³-hybridized carbons (Fsp3) is 0.889. The van der Waals surface area contributed by atoms with E-state index in [1.807, 2.05) is 6.92 Å². The van der Waals surface area contributed by atoms with Gasteiger partial charge in [-0.2, -0.15) is 0 Å². The lowest BCUT2D eigenvalue weighted by Gasteiger charge is -2.34. The van der Waals surface area contributed by atoms with E-state index in [4.69, 9.17) is 5.11 Å². The summed E-state index contributed by atoms with van der Waals surface area (Å²) < 4.78 is 0. The molecule has 0 radical (unpaired) electrons. The Morgan fingerprint density at radius 1 is 1.50 bits per heavy atom. The van der Waals surface area contributed by atoms with E-state index in [1.165, 1.54) is 0 Å². The third-order valence-electron chi connectivity index (χ3n) is 2.74. The summed E-state index contributed by atoms with van der Waals surface area (Å²) in [6, 6.07) is 0. The maximum atomic E-state index is 10.5. The molecule has 1 aliphatic carbocycles. The number of aliphatic carboxylic acids is 1. The number of carbonyl (C=O) groups is 1. The lowest BCUT2D eigenvalue weighted by atomic mass is 9.73. The van der Waals surface area contributed by atoms with E-state index < -0.39 is 5.97 Å². The summed E-state index contributed by atoms with van der Waals surface area (Å²) in [7, 11) is 0. The van der Waals surface area contributed by atoms with E-state index in [2.05, 4.69) is 0 Å². The van der Waals surface area contributed by atoms with Crippen molar-refractivity contribution in [3.63, 3.8) is 0 Å². The van der Waals surface area contributed by atoms with Crippen molar-refractivity contribution >= 4 is 5.97 Å². The fourth-order valence-corrected chi connectivity index (χ4v) is 1.84. The molecule has 12 heavy (non-hydrogen) atoms. The van der Waals surface area contributed by atoms with E-state index in [-0.39, 0.29) is 17.9 Å². The summed E-state index contributed by atoms with van der Waals surface area (Å²) >= 11 is 0. The number of rotatable bonds is 2. The monoisotopic (exact) mass is 172 g/mol. The first kappa shape index (κ1) is 9.52. The summed E-state index contributed by atoms with van der Waals surface area (Å²) in [5.41, 5.74) is -0.0783. The van der Waals surface area contributed by atoms with Crippen LogP contribution in [0.4, 0.5) is 0 Å². The molecule has 0 spiro atoms. The molecule has 0 bridgehead atoms. The van der Waals surface area contributed by atoms with Gasteiger partial charge in [0.15, 0.2) is 0 Å². The van der Waals surface area contributed by atoms with E-state index >= 15 is 0 Å². The van der Waals surface area contributed by atoms with Crippen LogP contribution in [0.2, 0.25) is 0 Å². The molecule has 1 rings (SSSR count). The maximum absolute atomic E-state index is 10.5. The van der Waals surface area contributed by atoms with Crippen molar-refractivity contribution < 1.29 is 15.0 Å². The van der Waals surface area contributed by atoms with Crippen LogP contribution in [0.1, 0.15) is 39.0 Å². The molecule has 2 N–H and O–H groups in total. The molecule has 0 aromatic carbocycles. The summed E-state index contributed by atoms with van der Waals surface area (Å²) in [4.78, 5) is 10.5. The molecule has 0 aliphatic heterocycles. The molecule has 1 saturated carbocycles. The van der Waals surface area contributed by atoms with Gasteiger partial charge in [0.1, 0.15) is 0 Å². The standard InChI is InChI=1S/C9H16O3/c1-9(6-8(11)12)4-2-7(10)3-5-9/h7,10H,2-6H2,1H3,(H,11,12). The van der Waals surface area contributed by atoms with E-state index in [0.29, 0.717) is 0 Å². The molecule has 1 aliphatic rings. The van der Waals surface area contributed by atoms with Gasteiger partial charge in [-0.3, -0.25) is 4.79 Å². The molecule has 0 atom stereocenters. The highest BCUT2D eigenvalue weighted by Crippen LogP contribution is 2.38. The highest BCUT2D eigenvalue weighted by Gasteiger charge is 2.32. The summed E-state index contributed by atoms with van der Waals surface area (Å²) in [6.07, 6.45) is 3.21. The van der Waals surface area contributed by atoms with Gasteiger partial charge in [-0.1, -0.05) is 6.92 Å². The molecule has 0 aromatic heterocycles. The predicted molar refractivity (Wildman–Crippen MR) is 44.8 cm³/mol. The van der Waals surface area contributed by atoms with Gasteiger partial charge >= 0.3 is 5.97 Å². The van der Waals surface area contributed by atoms with Gasteiger partial charge in [0.2, 0.25) is 0 Å². The number of aliphatic hydroxyl groups excluding tert-OH is 1. The van der Waals surface area contributed by atoms with Crippen LogP contribution in [0, 0.1) is 5.41 Å². The van der Waals surface area contributed by atoms with Crippen LogP contribution in [0.5, 0.6) is 0 Å². The van der Waals surface area contributed by atoms with Gasteiger partial charge in [0.05, 0.1) is 12.5 Å². The molecule has 0 saturated heterocycles. The Kier molecular flexibility index (Phi) is 2.73. The van der Waals surface area contributed by atoms with Crippen molar-refractivity contribution in [3.8, 4) is 0 Å². The number of carboxylic acid groups (broad SMARTS) is 1. The minimum absolute atomic E-state index is 0.0783. The Morgan fingerprint density at radius 3 is 2.42 bits per heavy atom. The lowest BCUT2D eigenvalue weighted by Crippen LogP contribution is -2.29. The second-order valence-electron chi connectivity index (χ2n) is 4.11. The average molecular weight is 172 g/mol. The summed E-state index contributed by atoms with van der Waals surface area (Å²) in [6.45, 7) is 1.99. The maximum Gasteiger partial charge on any atom is 0.303 e. The van der Waals surface area contributed by atoms with E-state index in [1.54, 1.807) is 0 Å². The van der Waals surface area contributed by atoms with Crippen LogP contribution in [0.15, 0.2) is 0 Å². The third-order valence-corrected chi connectivity index (χ3v) is 2.74. The summed E-state index contributed by atoms with van der Waals surface area (Å²) in [5, 5.41) is 17.9. The van der Waals surface area contributed by atoms with Crippen molar-refractivity contribution in [1.82, 2.24) is 0 Å². The van der Waals surface area contributed by atoms with Crippen LogP contribution >= 0.6 is 0 Å². The van der Waals surface area contributed by atoms with Crippen LogP contribution < -0.4 is 0 Å². The first-order valence-electron chi connectivity index (χ1n) is 4.42. The number of hydrogen-bond acceptors (Lipinski definition) is 2. The molecule has 3 nitrogen and oxygen atoms in total.